The molecule has 1 aliphatic heterocycles. The topological polar surface area (TPSA) is 75.8 Å². The molecular weight excluding hydrogens is 244 g/mol. The number of hydrogen-bond donors (Lipinski definition) is 2. The van der Waals surface area contributed by atoms with Crippen molar-refractivity contribution in [3.05, 3.63) is 23.8 Å². The number of nitrogens with two attached hydrogens (primary N) is 1. The van der Waals surface area contributed by atoms with Gasteiger partial charge in [0.2, 0.25) is 0 Å². The fraction of sp³-hybridized carbons (Fsp3) is 0.500. The first kappa shape index (κ1) is 13.7. The summed E-state index contributed by atoms with van der Waals surface area (Å²) in [5.74, 6) is 0.856. The number of nitrogens with zero attached hydrogens (tertiary/aromatic N) is 1. The van der Waals surface area contributed by atoms with E-state index in [1.807, 2.05) is 0 Å². The first-order valence-electron chi connectivity index (χ1n) is 6.50. The van der Waals surface area contributed by atoms with Gasteiger partial charge in [0.1, 0.15) is 5.75 Å². The number of aliphatic hydroxyl groups excluding tert-OH is 1. The van der Waals surface area contributed by atoms with Crippen LogP contribution < -0.4 is 10.5 Å². The maximum Gasteiger partial charge on any atom is 0.256 e. The van der Waals surface area contributed by atoms with Crippen LogP contribution in [-0.2, 0) is 0 Å². The minimum atomic E-state index is -0.0585. The number of likely N-dealkylation sites (tertiary alicyclic amines) is 1. The van der Waals surface area contributed by atoms with Crippen LogP contribution >= 0.6 is 0 Å². The molecule has 1 heterocycles. The van der Waals surface area contributed by atoms with E-state index in [9.17, 15) is 4.79 Å². The van der Waals surface area contributed by atoms with Gasteiger partial charge in [-0.2, -0.15) is 0 Å². The molecule has 104 valence electrons. The zero-order valence-corrected chi connectivity index (χ0v) is 11.1. The van der Waals surface area contributed by atoms with Crippen LogP contribution in [0.4, 0.5) is 5.69 Å². The lowest BCUT2D eigenvalue weighted by molar-refractivity contribution is 0.0785. The van der Waals surface area contributed by atoms with Gasteiger partial charge < -0.3 is 20.5 Å². The van der Waals surface area contributed by atoms with E-state index in [4.69, 9.17) is 15.6 Å². The number of amides is 1. The van der Waals surface area contributed by atoms with E-state index in [-0.39, 0.29) is 12.5 Å². The number of ether oxygens (including phenoxy) is 1. The Hall–Kier alpha value is -1.75. The van der Waals surface area contributed by atoms with Crippen LogP contribution in [0.3, 0.4) is 0 Å². The molecule has 0 aromatic heterocycles. The molecular formula is C14H20N2O3. The van der Waals surface area contributed by atoms with Crippen molar-refractivity contribution in [2.45, 2.75) is 12.8 Å². The Balaban J connectivity index is 2.12. The van der Waals surface area contributed by atoms with E-state index < -0.39 is 0 Å². The van der Waals surface area contributed by atoms with Gasteiger partial charge in [0.25, 0.3) is 5.91 Å². The van der Waals surface area contributed by atoms with Crippen LogP contribution in [-0.4, -0.2) is 42.7 Å². The number of nitrogen functional groups attached to an aromatic ring is 1. The van der Waals surface area contributed by atoms with E-state index in [0.29, 0.717) is 29.5 Å². The normalized spacial score (nSPS) is 18.6. The van der Waals surface area contributed by atoms with Gasteiger partial charge in [-0.05, 0) is 30.9 Å². The lowest BCUT2D eigenvalue weighted by atomic mass is 10.1. The van der Waals surface area contributed by atoms with Crippen molar-refractivity contribution in [1.29, 1.82) is 0 Å². The molecule has 19 heavy (non-hydrogen) atoms. The molecule has 5 nitrogen and oxygen atoms in total. The lowest BCUT2D eigenvalue weighted by Gasteiger charge is -2.18. The van der Waals surface area contributed by atoms with Crippen LogP contribution in [0.15, 0.2) is 18.2 Å². The van der Waals surface area contributed by atoms with Crippen LogP contribution in [0.25, 0.3) is 0 Å². The molecule has 1 fully saturated rings. The van der Waals surface area contributed by atoms with Crippen LogP contribution in [0.5, 0.6) is 5.75 Å². The second-order valence-electron chi connectivity index (χ2n) is 4.84. The van der Waals surface area contributed by atoms with Gasteiger partial charge in [-0.15, -0.1) is 0 Å². The number of methoxy groups -OCH3 is 1. The number of para-hydroxylation sites is 1. The van der Waals surface area contributed by atoms with Gasteiger partial charge in [0.15, 0.2) is 0 Å². The predicted octanol–water partition coefficient (Wildman–Crippen LogP) is 1.12. The van der Waals surface area contributed by atoms with E-state index in [2.05, 4.69) is 0 Å². The molecule has 2 rings (SSSR count). The average molecular weight is 264 g/mol. The first-order chi connectivity index (χ1) is 9.17. The standard InChI is InChI=1S/C14H20N2O3/c1-19-12-4-2-3-11(13(12)15)14(18)16-7-5-10(9-16)6-8-17/h2-4,10,17H,5-9,15H2,1H3. The first-order valence-corrected chi connectivity index (χ1v) is 6.50. The highest BCUT2D eigenvalue weighted by atomic mass is 16.5. The van der Waals surface area contributed by atoms with Gasteiger partial charge in [0.05, 0.1) is 18.4 Å². The molecule has 5 heteroatoms. The maximum absolute atomic E-state index is 12.4. The van der Waals surface area contributed by atoms with Gasteiger partial charge in [-0.25, -0.2) is 0 Å². The minimum absolute atomic E-state index is 0.0585. The molecule has 0 saturated carbocycles. The largest absolute Gasteiger partial charge is 0.495 e. The molecule has 1 aliphatic rings. The summed E-state index contributed by atoms with van der Waals surface area (Å²) in [7, 11) is 1.53. The molecule has 0 bridgehead atoms. The zero-order chi connectivity index (χ0) is 13.8. The highest BCUT2D eigenvalue weighted by Gasteiger charge is 2.27. The molecule has 1 saturated heterocycles. The SMILES string of the molecule is COc1cccc(C(=O)N2CCC(CCO)C2)c1N. The van der Waals surface area contributed by atoms with Crippen molar-refractivity contribution < 1.29 is 14.6 Å². The van der Waals surface area contributed by atoms with E-state index >= 15 is 0 Å². The summed E-state index contributed by atoms with van der Waals surface area (Å²) in [5, 5.41) is 8.94. The second-order valence-corrected chi connectivity index (χ2v) is 4.84. The summed E-state index contributed by atoms with van der Waals surface area (Å²) in [6, 6.07) is 5.23. The van der Waals surface area contributed by atoms with Crippen molar-refractivity contribution in [2.24, 2.45) is 5.92 Å². The summed E-state index contributed by atoms with van der Waals surface area (Å²) in [6.45, 7) is 1.59. The van der Waals surface area contributed by atoms with Crippen LogP contribution in [0, 0.1) is 5.92 Å². The number of aliphatic hydroxyl groups is 1. The second kappa shape index (κ2) is 5.93. The van der Waals surface area contributed by atoms with Gasteiger partial charge in [0, 0.05) is 19.7 Å². The molecule has 1 unspecified atom stereocenters. The van der Waals surface area contributed by atoms with Crippen molar-refractivity contribution in [3.63, 3.8) is 0 Å². The number of carbonyl (C=O) groups is 1. The Bertz CT molecular complexity index is 462. The van der Waals surface area contributed by atoms with Crippen LogP contribution in [0.2, 0.25) is 0 Å². The van der Waals surface area contributed by atoms with E-state index in [1.54, 1.807) is 23.1 Å². The van der Waals surface area contributed by atoms with Crippen molar-refractivity contribution >= 4 is 11.6 Å². The molecule has 0 radical (unpaired) electrons. The molecule has 1 aromatic rings. The Kier molecular flexibility index (Phi) is 4.27. The monoisotopic (exact) mass is 264 g/mol. The van der Waals surface area contributed by atoms with E-state index in [1.165, 1.54) is 7.11 Å². The smallest absolute Gasteiger partial charge is 0.256 e. The van der Waals surface area contributed by atoms with Crippen molar-refractivity contribution in [3.8, 4) is 5.75 Å². The molecule has 3 N–H and O–H groups in total. The summed E-state index contributed by atoms with van der Waals surface area (Å²) >= 11 is 0. The van der Waals surface area contributed by atoms with Crippen molar-refractivity contribution in [2.75, 3.05) is 32.5 Å². The third kappa shape index (κ3) is 2.81. The van der Waals surface area contributed by atoms with Crippen molar-refractivity contribution in [1.82, 2.24) is 4.90 Å². The fourth-order valence-electron chi connectivity index (χ4n) is 2.51. The van der Waals surface area contributed by atoms with Gasteiger partial charge in [-0.3, -0.25) is 4.79 Å². The third-order valence-corrected chi connectivity index (χ3v) is 3.63. The summed E-state index contributed by atoms with van der Waals surface area (Å²) in [5.41, 5.74) is 6.82. The molecule has 0 aliphatic carbocycles. The highest BCUT2D eigenvalue weighted by molar-refractivity contribution is 6.00. The third-order valence-electron chi connectivity index (χ3n) is 3.63. The highest BCUT2D eigenvalue weighted by Crippen LogP contribution is 2.28. The molecule has 1 aromatic carbocycles. The Labute approximate surface area is 113 Å². The fourth-order valence-corrected chi connectivity index (χ4v) is 2.51. The predicted molar refractivity (Wildman–Crippen MR) is 73.1 cm³/mol. The molecule has 1 atom stereocenters. The Morgan fingerprint density at radius 2 is 2.37 bits per heavy atom. The quantitative estimate of drug-likeness (QED) is 0.799. The number of hydrogen-bond acceptors (Lipinski definition) is 4. The van der Waals surface area contributed by atoms with Crippen LogP contribution in [0.1, 0.15) is 23.2 Å². The Morgan fingerprint density at radius 1 is 1.58 bits per heavy atom. The van der Waals surface area contributed by atoms with E-state index in [0.717, 1.165) is 19.4 Å². The maximum atomic E-state index is 12.4. The number of anilines is 1. The Morgan fingerprint density at radius 3 is 3.05 bits per heavy atom. The summed E-state index contributed by atoms with van der Waals surface area (Å²) < 4.78 is 5.13. The summed E-state index contributed by atoms with van der Waals surface area (Å²) in [6.07, 6.45) is 1.69. The minimum Gasteiger partial charge on any atom is -0.495 e. The number of carbonyl (C=O) groups excluding carboxylic acids is 1. The molecule has 0 spiro atoms. The van der Waals surface area contributed by atoms with Gasteiger partial charge >= 0.3 is 0 Å². The summed E-state index contributed by atoms with van der Waals surface area (Å²) in [4.78, 5) is 14.2. The molecule has 1 amide bonds. The number of benzene rings is 1. The van der Waals surface area contributed by atoms with Gasteiger partial charge in [-0.1, -0.05) is 6.07 Å². The lowest BCUT2D eigenvalue weighted by Crippen LogP contribution is -2.29. The average Bonchev–Trinajstić information content (AvgIpc) is 2.87. The number of rotatable bonds is 4. The zero-order valence-electron chi connectivity index (χ0n) is 11.1.